The van der Waals surface area contributed by atoms with Gasteiger partial charge in [0.1, 0.15) is 5.75 Å². The molecule has 0 spiro atoms. The van der Waals surface area contributed by atoms with E-state index in [1.165, 1.54) is 30.7 Å². The van der Waals surface area contributed by atoms with Gasteiger partial charge in [-0.25, -0.2) is 9.97 Å². The number of anilines is 1. The Labute approximate surface area is 185 Å². The lowest BCUT2D eigenvalue weighted by atomic mass is 10.1. The van der Waals surface area contributed by atoms with Crippen LogP contribution in [0.4, 0.5) is 18.3 Å². The zero-order valence-electron chi connectivity index (χ0n) is 17.0. The van der Waals surface area contributed by atoms with Crippen molar-refractivity contribution in [3.63, 3.8) is 0 Å². The lowest BCUT2D eigenvalue weighted by Gasteiger charge is -2.15. The maximum atomic E-state index is 12.9. The number of carbonyl (C=O) groups excluding carboxylic acids is 1. The molecule has 4 rings (SSSR count). The predicted octanol–water partition coefficient (Wildman–Crippen LogP) is 3.46. The molecule has 0 fully saturated rings. The summed E-state index contributed by atoms with van der Waals surface area (Å²) in [6.45, 7) is 0.892. The smallest absolute Gasteiger partial charge is 0.437 e. The third-order valence-electron chi connectivity index (χ3n) is 4.99. The van der Waals surface area contributed by atoms with Crippen molar-refractivity contribution >= 4 is 22.4 Å². The van der Waals surface area contributed by atoms with Crippen molar-refractivity contribution in [2.75, 3.05) is 19.0 Å². The predicted molar refractivity (Wildman–Crippen MR) is 115 cm³/mol. The van der Waals surface area contributed by atoms with E-state index >= 15 is 0 Å². The Bertz CT molecular complexity index is 1150. The SMILES string of the molecule is COc1cc(C[C@@H](N)CNc2ncc(-c3ccc4c(c3)CNC4=O)s2)cnc1C(F)(F)F. The quantitative estimate of drug-likeness (QED) is 0.496. The van der Waals surface area contributed by atoms with Crippen LogP contribution >= 0.6 is 11.3 Å². The minimum atomic E-state index is -4.58. The van der Waals surface area contributed by atoms with Crippen LogP contribution in [0.15, 0.2) is 36.7 Å². The fraction of sp³-hybridized carbons (Fsp3) is 0.286. The number of nitrogens with one attached hydrogen (secondary N) is 2. The van der Waals surface area contributed by atoms with Crippen LogP contribution in [0.3, 0.4) is 0 Å². The van der Waals surface area contributed by atoms with Gasteiger partial charge >= 0.3 is 6.18 Å². The molecule has 32 heavy (non-hydrogen) atoms. The van der Waals surface area contributed by atoms with Crippen molar-refractivity contribution in [2.45, 2.75) is 25.2 Å². The molecule has 0 aliphatic carbocycles. The number of alkyl halides is 3. The van der Waals surface area contributed by atoms with Gasteiger partial charge in [-0.15, -0.1) is 0 Å². The first-order valence-corrected chi connectivity index (χ1v) is 10.5. The van der Waals surface area contributed by atoms with Gasteiger partial charge in [-0.3, -0.25) is 4.79 Å². The number of hydrogen-bond donors (Lipinski definition) is 3. The molecule has 1 amide bonds. The molecule has 11 heteroatoms. The largest absolute Gasteiger partial charge is 0.494 e. The number of nitrogens with two attached hydrogens (primary N) is 1. The Morgan fingerprint density at radius 1 is 1.28 bits per heavy atom. The van der Waals surface area contributed by atoms with Gasteiger partial charge in [0.2, 0.25) is 0 Å². The first kappa shape index (κ1) is 22.0. The molecule has 2 aromatic heterocycles. The zero-order valence-corrected chi connectivity index (χ0v) is 17.8. The summed E-state index contributed by atoms with van der Waals surface area (Å²) in [5, 5.41) is 6.63. The molecule has 1 aliphatic heterocycles. The molecule has 0 radical (unpaired) electrons. The van der Waals surface area contributed by atoms with E-state index in [1.807, 2.05) is 18.2 Å². The van der Waals surface area contributed by atoms with Gasteiger partial charge in [0.05, 0.1) is 12.0 Å². The molecule has 1 aliphatic rings. The minimum Gasteiger partial charge on any atom is -0.494 e. The summed E-state index contributed by atoms with van der Waals surface area (Å²) >= 11 is 1.45. The summed E-state index contributed by atoms with van der Waals surface area (Å²) in [6, 6.07) is 6.61. The number of amides is 1. The van der Waals surface area contributed by atoms with Crippen LogP contribution in [0, 0.1) is 0 Å². The van der Waals surface area contributed by atoms with E-state index in [-0.39, 0.29) is 17.7 Å². The van der Waals surface area contributed by atoms with E-state index < -0.39 is 11.9 Å². The number of rotatable bonds is 7. The summed E-state index contributed by atoms with van der Waals surface area (Å²) in [4.78, 5) is 20.5. The van der Waals surface area contributed by atoms with Crippen LogP contribution in [-0.2, 0) is 19.1 Å². The summed E-state index contributed by atoms with van der Waals surface area (Å²) < 4.78 is 43.7. The number of ether oxygens (including phenoxy) is 1. The second-order valence-electron chi connectivity index (χ2n) is 7.32. The van der Waals surface area contributed by atoms with Crippen LogP contribution in [0.1, 0.15) is 27.2 Å². The van der Waals surface area contributed by atoms with Crippen LogP contribution in [0.2, 0.25) is 0 Å². The monoisotopic (exact) mass is 463 g/mol. The molecule has 7 nitrogen and oxygen atoms in total. The normalized spacial score (nSPS) is 14.1. The number of aromatic nitrogens is 2. The first-order chi connectivity index (χ1) is 15.2. The third-order valence-corrected chi connectivity index (χ3v) is 5.99. The fourth-order valence-corrected chi connectivity index (χ4v) is 4.25. The highest BCUT2D eigenvalue weighted by atomic mass is 32.1. The Balaban J connectivity index is 1.37. The first-order valence-electron chi connectivity index (χ1n) is 9.71. The van der Waals surface area contributed by atoms with Gasteiger partial charge in [0, 0.05) is 37.1 Å². The minimum absolute atomic E-state index is 0.0620. The summed E-state index contributed by atoms with van der Waals surface area (Å²) in [5.41, 5.74) is 8.25. The van der Waals surface area contributed by atoms with Gasteiger partial charge in [0.15, 0.2) is 10.8 Å². The Kier molecular flexibility index (Phi) is 6.02. The standard InChI is InChI=1S/C21H20F3N5O2S/c1-31-16-5-11(7-26-18(16)21(22,23)24)4-14(25)9-28-20-29-10-17(32-20)12-2-3-15-13(6-12)8-27-19(15)30/h2-3,5-7,10,14H,4,8-9,25H2,1H3,(H,27,30)(H,28,29)/t14-/m1/s1. The van der Waals surface area contributed by atoms with Crippen LogP contribution in [-0.4, -0.2) is 35.6 Å². The molecule has 168 valence electrons. The molecule has 1 aromatic carbocycles. The summed E-state index contributed by atoms with van der Waals surface area (Å²) in [5.74, 6) is -0.390. The van der Waals surface area contributed by atoms with E-state index in [4.69, 9.17) is 10.5 Å². The molecule has 0 saturated heterocycles. The number of hydrogen-bond acceptors (Lipinski definition) is 7. The van der Waals surface area contributed by atoms with Crippen molar-refractivity contribution in [2.24, 2.45) is 5.73 Å². The van der Waals surface area contributed by atoms with E-state index in [1.54, 1.807) is 6.20 Å². The molecule has 3 heterocycles. The highest BCUT2D eigenvalue weighted by Crippen LogP contribution is 2.35. The Morgan fingerprint density at radius 3 is 2.84 bits per heavy atom. The lowest BCUT2D eigenvalue weighted by Crippen LogP contribution is -2.31. The second kappa shape index (κ2) is 8.75. The van der Waals surface area contributed by atoms with Crippen molar-refractivity contribution in [1.29, 1.82) is 0 Å². The van der Waals surface area contributed by atoms with Crippen molar-refractivity contribution < 1.29 is 22.7 Å². The van der Waals surface area contributed by atoms with E-state index in [0.29, 0.717) is 35.8 Å². The van der Waals surface area contributed by atoms with Gasteiger partial charge < -0.3 is 21.1 Å². The third kappa shape index (κ3) is 4.68. The van der Waals surface area contributed by atoms with Crippen LogP contribution in [0.25, 0.3) is 10.4 Å². The summed E-state index contributed by atoms with van der Waals surface area (Å²) in [6.07, 6.45) is -1.35. The molecule has 3 aromatic rings. The number of fused-ring (bicyclic) bond motifs is 1. The highest BCUT2D eigenvalue weighted by Gasteiger charge is 2.36. The van der Waals surface area contributed by atoms with E-state index in [9.17, 15) is 18.0 Å². The van der Waals surface area contributed by atoms with Gasteiger partial charge in [-0.1, -0.05) is 17.4 Å². The molecule has 0 unspecified atom stereocenters. The summed E-state index contributed by atoms with van der Waals surface area (Å²) in [7, 11) is 1.17. The number of halogens is 3. The van der Waals surface area contributed by atoms with Gasteiger partial charge in [0.25, 0.3) is 5.91 Å². The van der Waals surface area contributed by atoms with Crippen molar-refractivity contribution in [3.05, 3.63) is 59.0 Å². The molecule has 0 saturated carbocycles. The lowest BCUT2D eigenvalue weighted by molar-refractivity contribution is -0.142. The zero-order chi connectivity index (χ0) is 22.9. The molecular formula is C21H20F3N5O2S. The Hall–Kier alpha value is -3.18. The van der Waals surface area contributed by atoms with Crippen LogP contribution < -0.4 is 21.1 Å². The topological polar surface area (TPSA) is 102 Å². The maximum Gasteiger partial charge on any atom is 0.437 e. The fourth-order valence-electron chi connectivity index (χ4n) is 3.43. The van der Waals surface area contributed by atoms with Crippen LogP contribution in [0.5, 0.6) is 5.75 Å². The molecule has 1 atom stereocenters. The molecule has 0 bridgehead atoms. The number of benzene rings is 1. The average Bonchev–Trinajstić information content (AvgIpc) is 3.38. The van der Waals surface area contributed by atoms with Crippen molar-refractivity contribution in [3.8, 4) is 16.2 Å². The number of nitrogens with zero attached hydrogens (tertiary/aromatic N) is 2. The number of thiazole rings is 1. The van der Waals surface area contributed by atoms with E-state index in [2.05, 4.69) is 20.6 Å². The number of pyridine rings is 1. The maximum absolute atomic E-state index is 12.9. The average molecular weight is 463 g/mol. The number of carbonyl (C=O) groups is 1. The molecular weight excluding hydrogens is 443 g/mol. The van der Waals surface area contributed by atoms with Crippen molar-refractivity contribution in [1.82, 2.24) is 15.3 Å². The van der Waals surface area contributed by atoms with E-state index in [0.717, 1.165) is 16.0 Å². The second-order valence-corrected chi connectivity index (χ2v) is 8.35. The Morgan fingerprint density at radius 2 is 2.09 bits per heavy atom. The van der Waals surface area contributed by atoms with Gasteiger partial charge in [-0.05, 0) is 41.3 Å². The van der Waals surface area contributed by atoms with Gasteiger partial charge in [-0.2, -0.15) is 13.2 Å². The molecule has 4 N–H and O–H groups in total. The number of methoxy groups -OCH3 is 1. The highest BCUT2D eigenvalue weighted by molar-refractivity contribution is 7.18.